The molecule has 3 nitrogen and oxygen atoms in total. The van der Waals surface area contributed by atoms with Crippen LogP contribution >= 0.6 is 11.3 Å². The number of fused-ring (bicyclic) bond motifs is 1. The fourth-order valence-electron chi connectivity index (χ4n) is 2.63. The van der Waals surface area contributed by atoms with E-state index in [1.165, 1.54) is 10.3 Å². The predicted molar refractivity (Wildman–Crippen MR) is 91.2 cm³/mol. The van der Waals surface area contributed by atoms with Crippen molar-refractivity contribution in [3.63, 3.8) is 0 Å². The van der Waals surface area contributed by atoms with Crippen molar-refractivity contribution in [1.82, 2.24) is 4.98 Å². The van der Waals surface area contributed by atoms with Crippen LogP contribution in [0.2, 0.25) is 0 Å². The average molecular weight is 308 g/mol. The lowest BCUT2D eigenvalue weighted by atomic mass is 10.2. The Balaban J connectivity index is 1.65. The van der Waals surface area contributed by atoms with Crippen molar-refractivity contribution in [2.24, 2.45) is 0 Å². The van der Waals surface area contributed by atoms with Gasteiger partial charge in [-0.3, -0.25) is 0 Å². The number of anilines is 1. The lowest BCUT2D eigenvalue weighted by molar-refractivity contribution is 0.504. The van der Waals surface area contributed by atoms with Gasteiger partial charge in [0.25, 0.3) is 0 Å². The van der Waals surface area contributed by atoms with E-state index in [0.717, 1.165) is 35.9 Å². The van der Waals surface area contributed by atoms with E-state index in [2.05, 4.69) is 41.3 Å². The second kappa shape index (κ2) is 5.81. The third-order valence-corrected chi connectivity index (χ3v) is 4.82. The summed E-state index contributed by atoms with van der Waals surface area (Å²) in [5.74, 6) is 0.964. The van der Waals surface area contributed by atoms with Gasteiger partial charge in [-0.1, -0.05) is 41.7 Å². The Morgan fingerprint density at radius 3 is 2.86 bits per heavy atom. The maximum atomic E-state index is 5.52. The van der Waals surface area contributed by atoms with E-state index in [4.69, 9.17) is 9.40 Å². The van der Waals surface area contributed by atoms with Crippen molar-refractivity contribution in [3.8, 4) is 0 Å². The summed E-state index contributed by atoms with van der Waals surface area (Å²) in [6, 6.07) is 12.2. The molecular weight excluding hydrogens is 292 g/mol. The highest BCUT2D eigenvalue weighted by Crippen LogP contribution is 2.30. The monoisotopic (exact) mass is 308 g/mol. The quantitative estimate of drug-likeness (QED) is 0.679. The van der Waals surface area contributed by atoms with Gasteiger partial charge in [0.15, 0.2) is 5.13 Å². The number of benzene rings is 1. The zero-order valence-corrected chi connectivity index (χ0v) is 12.9. The molecule has 0 saturated heterocycles. The molecule has 0 N–H and O–H groups in total. The van der Waals surface area contributed by atoms with Crippen LogP contribution in [0.5, 0.6) is 0 Å². The Morgan fingerprint density at radius 2 is 2.09 bits per heavy atom. The average Bonchev–Trinajstić information content (AvgIpc) is 3.28. The lowest BCUT2D eigenvalue weighted by Crippen LogP contribution is -2.24. The van der Waals surface area contributed by atoms with E-state index in [0.29, 0.717) is 0 Å². The second-order valence-corrected chi connectivity index (χ2v) is 6.37. The first-order valence-corrected chi connectivity index (χ1v) is 8.17. The molecule has 0 fully saturated rings. The molecule has 0 aliphatic heterocycles. The van der Waals surface area contributed by atoms with Gasteiger partial charge in [0, 0.05) is 6.54 Å². The molecule has 0 unspecified atom stereocenters. The summed E-state index contributed by atoms with van der Waals surface area (Å²) in [7, 11) is 0. The maximum Gasteiger partial charge on any atom is 0.187 e. The maximum absolute atomic E-state index is 5.52. The van der Waals surface area contributed by atoms with Crippen molar-refractivity contribution >= 4 is 26.7 Å². The molecule has 2 heterocycles. The van der Waals surface area contributed by atoms with Gasteiger partial charge in [-0.2, -0.15) is 0 Å². The molecule has 1 aromatic carbocycles. The number of nitrogens with zero attached hydrogens (tertiary/aromatic N) is 2. The molecule has 4 heteroatoms. The number of aromatic nitrogens is 1. The largest absolute Gasteiger partial charge is 0.467 e. The number of hydrogen-bond acceptors (Lipinski definition) is 4. The molecule has 0 amide bonds. The van der Waals surface area contributed by atoms with Gasteiger partial charge in [0.1, 0.15) is 5.76 Å². The van der Waals surface area contributed by atoms with Crippen LogP contribution in [-0.4, -0.2) is 11.5 Å². The van der Waals surface area contributed by atoms with Crippen molar-refractivity contribution in [1.29, 1.82) is 0 Å². The van der Waals surface area contributed by atoms with Crippen molar-refractivity contribution in [3.05, 3.63) is 72.2 Å². The number of rotatable bonds is 5. The number of hydrogen-bond donors (Lipinski definition) is 0. The molecule has 4 rings (SSSR count). The van der Waals surface area contributed by atoms with Gasteiger partial charge in [0.2, 0.25) is 0 Å². The Hall–Kier alpha value is -2.33. The standard InChI is InChI=1S/C18H16N2OS/c1-2-7-14(6-1)12-20(13-15-8-5-11-21-15)18-19-16-9-3-4-10-17(16)22-18/h1-6,8-11H,7,12-13H2. The van der Waals surface area contributed by atoms with Crippen molar-refractivity contribution in [2.75, 3.05) is 11.4 Å². The van der Waals surface area contributed by atoms with E-state index < -0.39 is 0 Å². The first-order chi connectivity index (χ1) is 10.9. The fourth-order valence-corrected chi connectivity index (χ4v) is 3.59. The van der Waals surface area contributed by atoms with E-state index >= 15 is 0 Å². The highest BCUT2D eigenvalue weighted by atomic mass is 32.1. The number of furan rings is 1. The smallest absolute Gasteiger partial charge is 0.187 e. The summed E-state index contributed by atoms with van der Waals surface area (Å²) in [5, 5.41) is 1.05. The molecule has 2 aromatic heterocycles. The Morgan fingerprint density at radius 1 is 1.14 bits per heavy atom. The molecule has 22 heavy (non-hydrogen) atoms. The van der Waals surface area contributed by atoms with Crippen LogP contribution in [0.4, 0.5) is 5.13 Å². The Bertz CT molecular complexity index is 797. The van der Waals surface area contributed by atoms with Crippen LogP contribution in [0, 0.1) is 0 Å². The molecule has 0 radical (unpaired) electrons. The van der Waals surface area contributed by atoms with E-state index in [1.807, 2.05) is 18.2 Å². The first-order valence-electron chi connectivity index (χ1n) is 7.36. The fraction of sp³-hybridized carbons (Fsp3) is 0.167. The van der Waals surface area contributed by atoms with Crippen LogP contribution in [-0.2, 0) is 6.54 Å². The van der Waals surface area contributed by atoms with Crippen LogP contribution < -0.4 is 4.90 Å². The molecular formula is C18H16N2OS. The minimum absolute atomic E-state index is 0.740. The number of allylic oxidation sites excluding steroid dienone is 3. The topological polar surface area (TPSA) is 29.3 Å². The second-order valence-electron chi connectivity index (χ2n) is 5.36. The predicted octanol–water partition coefficient (Wildman–Crippen LogP) is 4.78. The Kier molecular flexibility index (Phi) is 3.52. The molecule has 3 aromatic rings. The minimum atomic E-state index is 0.740. The van der Waals surface area contributed by atoms with Crippen LogP contribution in [0.25, 0.3) is 10.2 Å². The van der Waals surface area contributed by atoms with E-state index in [1.54, 1.807) is 17.6 Å². The highest BCUT2D eigenvalue weighted by Gasteiger charge is 2.16. The third kappa shape index (κ3) is 2.70. The van der Waals surface area contributed by atoms with E-state index in [-0.39, 0.29) is 0 Å². The summed E-state index contributed by atoms with van der Waals surface area (Å²) in [4.78, 5) is 7.08. The third-order valence-electron chi connectivity index (χ3n) is 3.72. The van der Waals surface area contributed by atoms with Crippen molar-refractivity contribution in [2.45, 2.75) is 13.0 Å². The summed E-state index contributed by atoms with van der Waals surface area (Å²) >= 11 is 1.74. The molecule has 0 spiro atoms. The van der Waals surface area contributed by atoms with Crippen LogP contribution in [0.15, 0.2) is 70.9 Å². The molecule has 0 atom stereocenters. The number of para-hydroxylation sites is 1. The number of thiazole rings is 1. The summed E-state index contributed by atoms with van der Waals surface area (Å²) < 4.78 is 6.75. The zero-order chi connectivity index (χ0) is 14.8. The van der Waals surface area contributed by atoms with Gasteiger partial charge in [0.05, 0.1) is 23.0 Å². The summed E-state index contributed by atoms with van der Waals surface area (Å²) in [6.45, 7) is 1.62. The molecule has 1 aliphatic rings. The molecule has 0 bridgehead atoms. The van der Waals surface area contributed by atoms with Crippen LogP contribution in [0.3, 0.4) is 0 Å². The summed E-state index contributed by atoms with van der Waals surface area (Å²) in [6.07, 6.45) is 9.27. The highest BCUT2D eigenvalue weighted by molar-refractivity contribution is 7.22. The SMILES string of the molecule is C1=CCC(CN(Cc2ccco2)c2nc3ccccc3s2)=C1. The van der Waals surface area contributed by atoms with Gasteiger partial charge in [-0.15, -0.1) is 0 Å². The van der Waals surface area contributed by atoms with Gasteiger partial charge >= 0.3 is 0 Å². The zero-order valence-electron chi connectivity index (χ0n) is 12.1. The van der Waals surface area contributed by atoms with Gasteiger partial charge < -0.3 is 9.32 Å². The van der Waals surface area contributed by atoms with Crippen LogP contribution in [0.1, 0.15) is 12.2 Å². The Labute approximate surface area is 133 Å². The van der Waals surface area contributed by atoms with Crippen molar-refractivity contribution < 1.29 is 4.42 Å². The first kappa shape index (κ1) is 13.3. The summed E-state index contributed by atoms with van der Waals surface area (Å²) in [5.41, 5.74) is 2.47. The lowest BCUT2D eigenvalue weighted by Gasteiger charge is -2.21. The van der Waals surface area contributed by atoms with Gasteiger partial charge in [-0.05, 0) is 36.3 Å². The normalized spacial score (nSPS) is 13.7. The molecule has 0 saturated carbocycles. The van der Waals surface area contributed by atoms with Gasteiger partial charge in [-0.25, -0.2) is 4.98 Å². The minimum Gasteiger partial charge on any atom is -0.467 e. The van der Waals surface area contributed by atoms with E-state index in [9.17, 15) is 0 Å². The molecule has 110 valence electrons. The molecule has 1 aliphatic carbocycles.